The van der Waals surface area contributed by atoms with Gasteiger partial charge in [-0.2, -0.15) is 4.98 Å². The quantitative estimate of drug-likeness (QED) is 0.695. The number of hydrogen-bond donors (Lipinski definition) is 1. The van der Waals surface area contributed by atoms with E-state index in [9.17, 15) is 4.79 Å². The first-order valence-electron chi connectivity index (χ1n) is 6.53. The number of oxazole rings is 1. The highest BCUT2D eigenvalue weighted by atomic mass is 79.9. The molecule has 0 spiro atoms. The molecule has 2 aromatic heterocycles. The Balaban J connectivity index is 1.63. The van der Waals surface area contributed by atoms with Gasteiger partial charge in [-0.15, -0.1) is 0 Å². The molecule has 1 N–H and O–H groups in total. The first-order chi connectivity index (χ1) is 10.6. The Morgan fingerprint density at radius 3 is 2.91 bits per heavy atom. The second kappa shape index (κ2) is 6.50. The van der Waals surface area contributed by atoms with Crippen molar-refractivity contribution in [2.45, 2.75) is 12.1 Å². The average molecular weight is 378 g/mol. The summed E-state index contributed by atoms with van der Waals surface area (Å²) in [5.74, 6) is 0.0935. The number of aryl methyl sites for hydroxylation is 1. The van der Waals surface area contributed by atoms with Crippen LogP contribution in [0.15, 0.2) is 50.5 Å². The highest BCUT2D eigenvalue weighted by molar-refractivity contribution is 9.10. The van der Waals surface area contributed by atoms with Crippen LogP contribution < -0.4 is 5.32 Å². The summed E-state index contributed by atoms with van der Waals surface area (Å²) in [5.41, 5.74) is 2.81. The number of aromatic nitrogens is 2. The zero-order valence-corrected chi connectivity index (χ0v) is 14.1. The first kappa shape index (κ1) is 15.1. The van der Waals surface area contributed by atoms with E-state index in [1.54, 1.807) is 0 Å². The van der Waals surface area contributed by atoms with Crippen LogP contribution in [0.3, 0.4) is 0 Å². The minimum atomic E-state index is -0.122. The van der Waals surface area contributed by atoms with E-state index in [-0.39, 0.29) is 11.7 Å². The van der Waals surface area contributed by atoms with Crippen LogP contribution >= 0.6 is 27.7 Å². The van der Waals surface area contributed by atoms with Crippen molar-refractivity contribution in [2.24, 2.45) is 0 Å². The molecular formula is C15H12BrN3O2S. The molecule has 1 amide bonds. The number of carbonyl (C=O) groups excluding carboxylic acids is 1. The Morgan fingerprint density at radius 1 is 1.27 bits per heavy atom. The molecule has 0 radical (unpaired) electrons. The van der Waals surface area contributed by atoms with Gasteiger partial charge in [0.25, 0.3) is 5.22 Å². The van der Waals surface area contributed by atoms with Crippen LogP contribution in [0, 0.1) is 6.92 Å². The number of hydrogen-bond acceptors (Lipinski definition) is 5. The van der Waals surface area contributed by atoms with Gasteiger partial charge in [-0.05, 0) is 47.1 Å². The van der Waals surface area contributed by atoms with Gasteiger partial charge in [0.2, 0.25) is 5.91 Å². The number of benzene rings is 1. The van der Waals surface area contributed by atoms with Crippen molar-refractivity contribution in [3.8, 4) is 0 Å². The molecule has 5 nitrogen and oxygen atoms in total. The SMILES string of the molecule is Cc1ccc2oc(SCC(=O)Nc3ccccc3Br)nc2n1. The van der Waals surface area contributed by atoms with Crippen molar-refractivity contribution in [3.63, 3.8) is 0 Å². The number of fused-ring (bicyclic) bond motifs is 1. The zero-order valence-electron chi connectivity index (χ0n) is 11.7. The van der Waals surface area contributed by atoms with Gasteiger partial charge < -0.3 is 9.73 Å². The maximum absolute atomic E-state index is 12.0. The number of nitrogens with one attached hydrogen (secondary N) is 1. The van der Waals surface area contributed by atoms with E-state index in [1.165, 1.54) is 11.8 Å². The van der Waals surface area contributed by atoms with Crippen LogP contribution in [0.25, 0.3) is 11.2 Å². The van der Waals surface area contributed by atoms with Crippen molar-refractivity contribution < 1.29 is 9.21 Å². The molecule has 2 heterocycles. The normalized spacial score (nSPS) is 10.8. The summed E-state index contributed by atoms with van der Waals surface area (Å²) in [7, 11) is 0. The molecule has 0 fully saturated rings. The third kappa shape index (κ3) is 3.48. The fourth-order valence-corrected chi connectivity index (χ4v) is 2.84. The van der Waals surface area contributed by atoms with Crippen LogP contribution in [-0.4, -0.2) is 21.6 Å². The summed E-state index contributed by atoms with van der Waals surface area (Å²) < 4.78 is 6.39. The second-order valence-corrected chi connectivity index (χ2v) is 6.35. The molecule has 7 heteroatoms. The second-order valence-electron chi connectivity index (χ2n) is 4.57. The third-order valence-corrected chi connectivity index (χ3v) is 4.37. The Morgan fingerprint density at radius 2 is 2.09 bits per heavy atom. The van der Waals surface area contributed by atoms with E-state index < -0.39 is 0 Å². The molecule has 22 heavy (non-hydrogen) atoms. The molecule has 0 unspecified atom stereocenters. The lowest BCUT2D eigenvalue weighted by Crippen LogP contribution is -2.14. The number of rotatable bonds is 4. The number of anilines is 1. The number of nitrogens with zero attached hydrogens (tertiary/aromatic N) is 2. The van der Waals surface area contributed by atoms with Gasteiger partial charge in [-0.3, -0.25) is 4.79 Å². The number of pyridine rings is 1. The predicted molar refractivity (Wildman–Crippen MR) is 90.0 cm³/mol. The standard InChI is InChI=1S/C15H12BrN3O2S/c1-9-6-7-12-14(17-9)19-15(21-12)22-8-13(20)18-11-5-3-2-4-10(11)16/h2-7H,8H2,1H3,(H,18,20). The summed E-state index contributed by atoms with van der Waals surface area (Å²) in [6.45, 7) is 1.89. The summed E-state index contributed by atoms with van der Waals surface area (Å²) in [6, 6.07) is 11.2. The number of amides is 1. The number of halogens is 1. The Kier molecular flexibility index (Phi) is 4.44. The van der Waals surface area contributed by atoms with Crippen LogP contribution in [0.1, 0.15) is 5.69 Å². The van der Waals surface area contributed by atoms with Crippen LogP contribution in [-0.2, 0) is 4.79 Å². The lowest BCUT2D eigenvalue weighted by Gasteiger charge is -2.05. The van der Waals surface area contributed by atoms with E-state index in [4.69, 9.17) is 4.42 Å². The van der Waals surface area contributed by atoms with E-state index in [0.717, 1.165) is 15.9 Å². The molecule has 112 valence electrons. The fourth-order valence-electron chi connectivity index (χ4n) is 1.83. The summed E-state index contributed by atoms with van der Waals surface area (Å²) in [5, 5.41) is 3.27. The molecule has 0 aliphatic rings. The minimum absolute atomic E-state index is 0.122. The third-order valence-electron chi connectivity index (χ3n) is 2.85. The number of para-hydroxylation sites is 1. The van der Waals surface area contributed by atoms with Gasteiger partial charge >= 0.3 is 0 Å². The highest BCUT2D eigenvalue weighted by Crippen LogP contribution is 2.24. The van der Waals surface area contributed by atoms with Gasteiger partial charge in [-0.25, -0.2) is 4.98 Å². The van der Waals surface area contributed by atoms with Crippen molar-refractivity contribution in [1.82, 2.24) is 9.97 Å². The highest BCUT2D eigenvalue weighted by Gasteiger charge is 2.11. The molecule has 0 atom stereocenters. The number of thioether (sulfide) groups is 1. The Labute approximate surface area is 139 Å². The lowest BCUT2D eigenvalue weighted by atomic mass is 10.3. The smallest absolute Gasteiger partial charge is 0.258 e. The largest absolute Gasteiger partial charge is 0.430 e. The van der Waals surface area contributed by atoms with Gasteiger partial charge in [0, 0.05) is 10.2 Å². The van der Waals surface area contributed by atoms with Crippen molar-refractivity contribution >= 4 is 50.5 Å². The predicted octanol–water partition coefficient (Wildman–Crippen LogP) is 4.02. The maximum atomic E-state index is 12.0. The summed E-state index contributed by atoms with van der Waals surface area (Å²) >= 11 is 4.63. The zero-order chi connectivity index (χ0) is 15.5. The molecule has 0 saturated carbocycles. The molecule has 0 aliphatic heterocycles. The Hall–Kier alpha value is -1.86. The van der Waals surface area contributed by atoms with Gasteiger partial charge in [-0.1, -0.05) is 23.9 Å². The van der Waals surface area contributed by atoms with Crippen molar-refractivity contribution in [2.75, 3.05) is 11.1 Å². The van der Waals surface area contributed by atoms with Gasteiger partial charge in [0.15, 0.2) is 11.2 Å². The van der Waals surface area contributed by atoms with Crippen LogP contribution in [0.2, 0.25) is 0 Å². The molecule has 0 aliphatic carbocycles. The fraction of sp³-hybridized carbons (Fsp3) is 0.133. The van der Waals surface area contributed by atoms with E-state index in [0.29, 0.717) is 16.5 Å². The van der Waals surface area contributed by atoms with Crippen LogP contribution in [0.4, 0.5) is 5.69 Å². The monoisotopic (exact) mass is 377 g/mol. The lowest BCUT2D eigenvalue weighted by molar-refractivity contribution is -0.113. The van der Waals surface area contributed by atoms with Gasteiger partial charge in [0.1, 0.15) is 0 Å². The molecule has 3 aromatic rings. The molecule has 1 aromatic carbocycles. The van der Waals surface area contributed by atoms with Crippen LogP contribution in [0.5, 0.6) is 0 Å². The summed E-state index contributed by atoms with van der Waals surface area (Å²) in [6.07, 6.45) is 0. The number of carbonyl (C=O) groups is 1. The van der Waals surface area contributed by atoms with E-state index >= 15 is 0 Å². The molecule has 0 saturated heterocycles. The van der Waals surface area contributed by atoms with Crippen molar-refractivity contribution in [3.05, 3.63) is 46.6 Å². The topological polar surface area (TPSA) is 68.0 Å². The molecular weight excluding hydrogens is 366 g/mol. The first-order valence-corrected chi connectivity index (χ1v) is 8.31. The van der Waals surface area contributed by atoms with E-state index in [2.05, 4.69) is 31.2 Å². The average Bonchev–Trinajstić information content (AvgIpc) is 2.89. The Bertz CT molecular complexity index is 835. The van der Waals surface area contributed by atoms with E-state index in [1.807, 2.05) is 43.3 Å². The van der Waals surface area contributed by atoms with Crippen molar-refractivity contribution in [1.29, 1.82) is 0 Å². The molecule has 3 rings (SSSR count). The summed E-state index contributed by atoms with van der Waals surface area (Å²) in [4.78, 5) is 20.5. The minimum Gasteiger partial charge on any atom is -0.430 e. The van der Waals surface area contributed by atoms with Gasteiger partial charge in [0.05, 0.1) is 11.4 Å². The molecule has 0 bridgehead atoms. The maximum Gasteiger partial charge on any atom is 0.258 e.